The summed E-state index contributed by atoms with van der Waals surface area (Å²) >= 11 is 0. The Morgan fingerprint density at radius 3 is 2.59 bits per heavy atom. The van der Waals surface area contributed by atoms with Crippen LogP contribution < -0.4 is 10.4 Å². The Morgan fingerprint density at radius 1 is 1.10 bits per heavy atom. The number of aliphatic hydroxyl groups excluding tert-OH is 1. The van der Waals surface area contributed by atoms with E-state index in [9.17, 15) is 15.0 Å². The maximum absolute atomic E-state index is 11.5. The molecule has 0 spiro atoms. The third-order valence-electron chi connectivity index (χ3n) is 8.01. The van der Waals surface area contributed by atoms with E-state index in [1.54, 1.807) is 12.1 Å². The monoisotopic (exact) mass is 400 g/mol. The van der Waals surface area contributed by atoms with E-state index in [1.807, 2.05) is 19.1 Å². The van der Waals surface area contributed by atoms with E-state index in [4.69, 9.17) is 9.15 Å². The van der Waals surface area contributed by atoms with E-state index in [1.165, 1.54) is 6.07 Å². The lowest BCUT2D eigenvalue weighted by Crippen LogP contribution is -2.61. The Balaban J connectivity index is 1.61. The van der Waals surface area contributed by atoms with Crippen molar-refractivity contribution < 1.29 is 19.4 Å². The Bertz CT molecular complexity index is 959. The molecule has 5 atom stereocenters. The van der Waals surface area contributed by atoms with Crippen LogP contribution in [-0.2, 0) is 0 Å². The number of fused-ring (bicyclic) bond motifs is 2. The number of benzene rings is 1. The summed E-state index contributed by atoms with van der Waals surface area (Å²) in [5, 5.41) is 22.7. The molecule has 2 aliphatic carbocycles. The fourth-order valence-electron chi connectivity index (χ4n) is 6.20. The lowest BCUT2D eigenvalue weighted by Gasteiger charge is -2.62. The molecular weight excluding hydrogens is 368 g/mol. The van der Waals surface area contributed by atoms with Gasteiger partial charge in [-0.15, -0.1) is 0 Å². The Kier molecular flexibility index (Phi) is 4.82. The quantitative estimate of drug-likeness (QED) is 0.757. The number of rotatable bonds is 3. The topological polar surface area (TPSA) is 79.9 Å². The molecule has 4 rings (SSSR count). The molecule has 1 aromatic carbocycles. The van der Waals surface area contributed by atoms with Gasteiger partial charge in [0.25, 0.3) is 0 Å². The van der Waals surface area contributed by atoms with Gasteiger partial charge in [-0.3, -0.25) is 0 Å². The second-order valence-electron chi connectivity index (χ2n) is 10.1. The van der Waals surface area contributed by atoms with Crippen LogP contribution in [0.2, 0.25) is 0 Å². The summed E-state index contributed by atoms with van der Waals surface area (Å²) in [4.78, 5) is 11.5. The smallest absolute Gasteiger partial charge is 0.336 e. The van der Waals surface area contributed by atoms with Gasteiger partial charge in [0.1, 0.15) is 11.3 Å². The maximum atomic E-state index is 11.5. The SMILES string of the molecule is CC1(C)C2CC[C@](C)(O)[C@H](COc3ccc4ccc(=O)oc4c3)[C@@]2(C)CC[C@@H]1O. The maximum Gasteiger partial charge on any atom is 0.336 e. The molecule has 2 aliphatic rings. The van der Waals surface area contributed by atoms with E-state index >= 15 is 0 Å². The molecule has 1 heterocycles. The van der Waals surface area contributed by atoms with E-state index in [0.29, 0.717) is 30.3 Å². The van der Waals surface area contributed by atoms with Gasteiger partial charge >= 0.3 is 5.63 Å². The Labute approximate surface area is 171 Å². The zero-order valence-electron chi connectivity index (χ0n) is 17.8. The van der Waals surface area contributed by atoms with E-state index in [0.717, 1.165) is 24.6 Å². The van der Waals surface area contributed by atoms with Crippen molar-refractivity contribution in [3.8, 4) is 5.75 Å². The molecule has 0 saturated heterocycles. The van der Waals surface area contributed by atoms with E-state index < -0.39 is 5.60 Å². The normalized spacial score (nSPS) is 36.6. The standard InChI is InChI=1S/C24H32O5/c1-22(2)18-9-12-24(4,27)19(23(18,3)11-10-20(22)25)14-28-16-7-5-15-6-8-21(26)29-17(15)13-16/h5-8,13,18-20,25,27H,9-12,14H2,1-4H3/t18?,19-,20+,23+,24+/m1/s1. The number of hydrogen-bond donors (Lipinski definition) is 2. The molecule has 5 nitrogen and oxygen atoms in total. The average Bonchev–Trinajstić information content (AvgIpc) is 2.64. The van der Waals surface area contributed by atoms with Crippen LogP contribution in [0.5, 0.6) is 5.75 Å². The fraction of sp³-hybridized carbons (Fsp3) is 0.625. The van der Waals surface area contributed by atoms with E-state index in [-0.39, 0.29) is 28.5 Å². The molecule has 0 amide bonds. The van der Waals surface area contributed by atoms with Crippen molar-refractivity contribution in [2.75, 3.05) is 6.61 Å². The average molecular weight is 401 g/mol. The van der Waals surface area contributed by atoms with Crippen LogP contribution in [0.15, 0.2) is 39.5 Å². The van der Waals surface area contributed by atoms with Gasteiger partial charge in [-0.25, -0.2) is 4.79 Å². The Hall–Kier alpha value is -1.85. The minimum atomic E-state index is -0.826. The van der Waals surface area contributed by atoms with Crippen molar-refractivity contribution in [2.24, 2.45) is 22.7 Å². The molecule has 2 fully saturated rings. The molecule has 2 aromatic rings. The lowest BCUT2D eigenvalue weighted by atomic mass is 9.45. The minimum Gasteiger partial charge on any atom is -0.493 e. The molecule has 1 unspecified atom stereocenters. The summed E-state index contributed by atoms with van der Waals surface area (Å²) in [5.74, 6) is 0.893. The van der Waals surface area contributed by atoms with Crippen molar-refractivity contribution in [2.45, 2.75) is 65.1 Å². The van der Waals surface area contributed by atoms with Crippen LogP contribution in [0.3, 0.4) is 0 Å². The molecule has 158 valence electrons. The highest BCUT2D eigenvalue weighted by molar-refractivity contribution is 5.77. The fourth-order valence-corrected chi connectivity index (χ4v) is 6.20. The summed E-state index contributed by atoms with van der Waals surface area (Å²) < 4.78 is 11.4. The van der Waals surface area contributed by atoms with E-state index in [2.05, 4.69) is 20.8 Å². The molecule has 2 N–H and O–H groups in total. The highest BCUT2D eigenvalue weighted by Crippen LogP contribution is 2.61. The van der Waals surface area contributed by atoms with Crippen LogP contribution in [-0.4, -0.2) is 28.5 Å². The van der Waals surface area contributed by atoms with Crippen molar-refractivity contribution in [3.05, 3.63) is 40.8 Å². The summed E-state index contributed by atoms with van der Waals surface area (Å²) in [6.07, 6.45) is 2.91. The van der Waals surface area contributed by atoms with Crippen LogP contribution in [0.1, 0.15) is 53.4 Å². The first-order chi connectivity index (χ1) is 13.5. The summed E-state index contributed by atoms with van der Waals surface area (Å²) in [5.41, 5.74) is -1.02. The number of ether oxygens (including phenoxy) is 1. The van der Waals surface area contributed by atoms with Gasteiger partial charge in [-0.1, -0.05) is 20.8 Å². The third kappa shape index (κ3) is 3.38. The largest absolute Gasteiger partial charge is 0.493 e. The number of aliphatic hydroxyl groups is 2. The molecule has 0 aliphatic heterocycles. The molecule has 5 heteroatoms. The first-order valence-corrected chi connectivity index (χ1v) is 10.6. The number of hydrogen-bond acceptors (Lipinski definition) is 5. The van der Waals surface area contributed by atoms with Crippen LogP contribution >= 0.6 is 0 Å². The van der Waals surface area contributed by atoms with Gasteiger partial charge in [-0.05, 0) is 67.6 Å². The van der Waals surface area contributed by atoms with Crippen LogP contribution in [0.25, 0.3) is 11.0 Å². The highest BCUT2D eigenvalue weighted by atomic mass is 16.5. The van der Waals surface area contributed by atoms with Crippen molar-refractivity contribution in [3.63, 3.8) is 0 Å². The predicted molar refractivity (Wildman–Crippen MR) is 112 cm³/mol. The first kappa shape index (κ1) is 20.4. The first-order valence-electron chi connectivity index (χ1n) is 10.6. The minimum absolute atomic E-state index is 0.0565. The van der Waals surface area contributed by atoms with Crippen LogP contribution in [0.4, 0.5) is 0 Å². The molecule has 29 heavy (non-hydrogen) atoms. The summed E-state index contributed by atoms with van der Waals surface area (Å²) in [7, 11) is 0. The Morgan fingerprint density at radius 2 is 1.83 bits per heavy atom. The summed E-state index contributed by atoms with van der Waals surface area (Å²) in [6.45, 7) is 8.87. The molecule has 2 saturated carbocycles. The molecule has 1 aromatic heterocycles. The van der Waals surface area contributed by atoms with Gasteiger partial charge in [0.15, 0.2) is 0 Å². The van der Waals surface area contributed by atoms with Crippen LogP contribution in [0, 0.1) is 22.7 Å². The van der Waals surface area contributed by atoms with Gasteiger partial charge in [0.05, 0.1) is 18.3 Å². The lowest BCUT2D eigenvalue weighted by molar-refractivity contribution is -0.201. The zero-order valence-corrected chi connectivity index (χ0v) is 17.8. The van der Waals surface area contributed by atoms with Crippen molar-refractivity contribution >= 4 is 11.0 Å². The van der Waals surface area contributed by atoms with Gasteiger partial charge in [0, 0.05) is 23.4 Å². The molecule has 0 bridgehead atoms. The third-order valence-corrected chi connectivity index (χ3v) is 8.01. The second kappa shape index (κ2) is 6.85. The van der Waals surface area contributed by atoms with Crippen molar-refractivity contribution in [1.29, 1.82) is 0 Å². The zero-order chi connectivity index (χ0) is 21.0. The predicted octanol–water partition coefficient (Wildman–Crippen LogP) is 4.14. The second-order valence-corrected chi connectivity index (χ2v) is 10.1. The van der Waals surface area contributed by atoms with Gasteiger partial charge in [-0.2, -0.15) is 0 Å². The molecule has 0 radical (unpaired) electrons. The van der Waals surface area contributed by atoms with Crippen molar-refractivity contribution in [1.82, 2.24) is 0 Å². The summed E-state index contributed by atoms with van der Waals surface area (Å²) in [6, 6.07) is 8.62. The highest BCUT2D eigenvalue weighted by Gasteiger charge is 2.60. The van der Waals surface area contributed by atoms with Gasteiger partial charge < -0.3 is 19.4 Å². The van der Waals surface area contributed by atoms with Gasteiger partial charge in [0.2, 0.25) is 0 Å². The molecular formula is C24H32O5.